The highest BCUT2D eigenvalue weighted by molar-refractivity contribution is 7.17. The average molecular weight is 400 g/mol. The van der Waals surface area contributed by atoms with Gasteiger partial charge in [0.15, 0.2) is 6.19 Å². The molecule has 2 rings (SSSR count). The van der Waals surface area contributed by atoms with Crippen LogP contribution in [-0.4, -0.2) is 29.3 Å². The number of carbonyl (C=O) groups excluding carboxylic acids is 2. The first-order valence-electron chi connectivity index (χ1n) is 10.0. The van der Waals surface area contributed by atoms with E-state index in [-0.39, 0.29) is 17.7 Å². The van der Waals surface area contributed by atoms with Crippen molar-refractivity contribution in [1.29, 1.82) is 5.26 Å². The molecule has 0 aliphatic carbocycles. The van der Waals surface area contributed by atoms with E-state index in [4.69, 9.17) is 0 Å². The fraction of sp³-hybridized carbons (Fsp3) is 0.500. The fourth-order valence-corrected chi connectivity index (χ4v) is 4.44. The van der Waals surface area contributed by atoms with Crippen LogP contribution in [0.15, 0.2) is 29.6 Å². The quantitative estimate of drug-likeness (QED) is 0.473. The summed E-state index contributed by atoms with van der Waals surface area (Å²) in [6.45, 7) is 6.17. The van der Waals surface area contributed by atoms with E-state index in [1.807, 2.05) is 35.8 Å². The van der Waals surface area contributed by atoms with E-state index >= 15 is 0 Å². The first-order valence-corrected chi connectivity index (χ1v) is 10.9. The van der Waals surface area contributed by atoms with Gasteiger partial charge >= 0.3 is 0 Å². The van der Waals surface area contributed by atoms with Gasteiger partial charge in [-0.2, -0.15) is 5.26 Å². The molecule has 0 saturated carbocycles. The second-order valence-electron chi connectivity index (χ2n) is 6.98. The molecule has 0 bridgehead atoms. The van der Waals surface area contributed by atoms with Gasteiger partial charge in [-0.3, -0.25) is 9.59 Å². The molecule has 0 saturated heterocycles. The molecule has 28 heavy (non-hydrogen) atoms. The number of nitrogens with zero attached hydrogens (tertiary/aromatic N) is 2. The number of rotatable bonds is 10. The van der Waals surface area contributed by atoms with Crippen molar-refractivity contribution in [3.63, 3.8) is 0 Å². The topological polar surface area (TPSA) is 73.2 Å². The number of nitriles is 1. The molecule has 0 aliphatic rings. The van der Waals surface area contributed by atoms with Crippen LogP contribution >= 0.6 is 11.3 Å². The molecule has 1 heterocycles. The van der Waals surface area contributed by atoms with Crippen LogP contribution in [0, 0.1) is 17.4 Å². The van der Waals surface area contributed by atoms with Crippen molar-refractivity contribution < 1.29 is 9.59 Å². The van der Waals surface area contributed by atoms with Crippen molar-refractivity contribution in [3.8, 4) is 6.19 Å². The maximum absolute atomic E-state index is 12.9. The Labute approximate surface area is 171 Å². The lowest BCUT2D eigenvalue weighted by atomic mass is 9.96. The van der Waals surface area contributed by atoms with Crippen LogP contribution in [0.3, 0.4) is 0 Å². The van der Waals surface area contributed by atoms with Gasteiger partial charge in [0.05, 0.1) is 0 Å². The van der Waals surface area contributed by atoms with E-state index in [0.717, 1.165) is 46.2 Å². The summed E-state index contributed by atoms with van der Waals surface area (Å²) < 4.78 is 1.15. The van der Waals surface area contributed by atoms with Crippen molar-refractivity contribution in [3.05, 3.63) is 35.2 Å². The molecule has 5 nitrogen and oxygen atoms in total. The van der Waals surface area contributed by atoms with Crippen molar-refractivity contribution >= 4 is 33.2 Å². The maximum Gasteiger partial charge on any atom is 0.258 e. The minimum atomic E-state index is -0.735. The Hall–Kier alpha value is -2.39. The first kappa shape index (κ1) is 21.9. The highest BCUT2D eigenvalue weighted by Gasteiger charge is 2.29. The number of amides is 2. The van der Waals surface area contributed by atoms with Crippen molar-refractivity contribution in [2.24, 2.45) is 5.92 Å². The molecule has 2 amide bonds. The zero-order valence-electron chi connectivity index (χ0n) is 16.9. The zero-order chi connectivity index (χ0) is 20.5. The predicted molar refractivity (Wildman–Crippen MR) is 114 cm³/mol. The number of nitrogens with one attached hydrogen (secondary N) is 1. The third-order valence-electron chi connectivity index (χ3n) is 4.95. The summed E-state index contributed by atoms with van der Waals surface area (Å²) >= 11 is 1.63. The summed E-state index contributed by atoms with van der Waals surface area (Å²) in [5.41, 5.74) is 1.02. The second kappa shape index (κ2) is 10.8. The van der Waals surface area contributed by atoms with Gasteiger partial charge < -0.3 is 5.32 Å². The van der Waals surface area contributed by atoms with Crippen LogP contribution in [-0.2, 0) is 16.0 Å². The van der Waals surface area contributed by atoms with E-state index in [0.29, 0.717) is 13.0 Å². The van der Waals surface area contributed by atoms with Crippen molar-refractivity contribution in [2.75, 3.05) is 6.54 Å². The number of likely N-dealkylation sites (N-methyl/N-ethyl adjacent to an activating group) is 1. The standard InChI is InChI=1S/C22H29N3O2S/c1-4-9-16(10-5-2)21(26)24-19(22(27)25(6-3)15-23)13-17-14-28-20-12-8-7-11-18(17)20/h7-8,11-12,14,16,19H,4-6,9-10,13H2,1-3H3,(H,24,26). The Bertz CT molecular complexity index is 834. The Balaban J connectivity index is 2.27. The Morgan fingerprint density at radius 2 is 1.86 bits per heavy atom. The zero-order valence-corrected chi connectivity index (χ0v) is 17.7. The molecule has 0 aliphatic heterocycles. The number of hydrogen-bond donors (Lipinski definition) is 1. The SMILES string of the molecule is CCCC(CCC)C(=O)NC(Cc1csc2ccccc12)C(=O)N(C#N)CC. The maximum atomic E-state index is 12.9. The number of carbonyl (C=O) groups is 2. The van der Waals surface area contributed by atoms with Crippen LogP contribution in [0.4, 0.5) is 0 Å². The van der Waals surface area contributed by atoms with Crippen molar-refractivity contribution in [2.45, 2.75) is 58.9 Å². The van der Waals surface area contributed by atoms with Crippen LogP contribution in [0.1, 0.15) is 52.0 Å². The summed E-state index contributed by atoms with van der Waals surface area (Å²) in [6.07, 6.45) is 5.77. The van der Waals surface area contributed by atoms with Gasteiger partial charge in [0.25, 0.3) is 5.91 Å². The molecule has 0 spiro atoms. The Morgan fingerprint density at radius 3 is 2.46 bits per heavy atom. The highest BCUT2D eigenvalue weighted by atomic mass is 32.1. The third kappa shape index (κ3) is 5.32. The molecule has 1 atom stereocenters. The number of benzene rings is 1. The minimum Gasteiger partial charge on any atom is -0.344 e. The molecule has 0 fully saturated rings. The van der Waals surface area contributed by atoms with E-state index in [1.54, 1.807) is 18.3 Å². The number of fused-ring (bicyclic) bond motifs is 1. The molecule has 1 aromatic heterocycles. The van der Waals surface area contributed by atoms with E-state index < -0.39 is 6.04 Å². The van der Waals surface area contributed by atoms with E-state index in [1.165, 1.54) is 0 Å². The highest BCUT2D eigenvalue weighted by Crippen LogP contribution is 2.27. The molecule has 0 radical (unpaired) electrons. The van der Waals surface area contributed by atoms with Crippen LogP contribution < -0.4 is 5.32 Å². The first-order chi connectivity index (χ1) is 13.5. The van der Waals surface area contributed by atoms with Gasteiger partial charge in [-0.05, 0) is 42.2 Å². The molecule has 6 heteroatoms. The van der Waals surface area contributed by atoms with Crippen LogP contribution in [0.5, 0.6) is 0 Å². The second-order valence-corrected chi connectivity index (χ2v) is 7.89. The summed E-state index contributed by atoms with van der Waals surface area (Å²) in [7, 11) is 0. The van der Waals surface area contributed by atoms with E-state index in [9.17, 15) is 14.9 Å². The molecule has 1 N–H and O–H groups in total. The Kier molecular flexibility index (Phi) is 8.46. The predicted octanol–water partition coefficient (Wildman–Crippen LogP) is 4.47. The van der Waals surface area contributed by atoms with Gasteiger partial charge in [0, 0.05) is 23.6 Å². The molecule has 2 aromatic rings. The van der Waals surface area contributed by atoms with Gasteiger partial charge in [0.2, 0.25) is 5.91 Å². The van der Waals surface area contributed by atoms with E-state index in [2.05, 4.69) is 19.2 Å². The Morgan fingerprint density at radius 1 is 1.18 bits per heavy atom. The van der Waals surface area contributed by atoms with Gasteiger partial charge in [-0.1, -0.05) is 44.9 Å². The van der Waals surface area contributed by atoms with Crippen LogP contribution in [0.2, 0.25) is 0 Å². The lowest BCUT2D eigenvalue weighted by molar-refractivity contribution is -0.135. The van der Waals surface area contributed by atoms with Gasteiger partial charge in [-0.25, -0.2) is 4.90 Å². The van der Waals surface area contributed by atoms with Gasteiger partial charge in [-0.15, -0.1) is 11.3 Å². The van der Waals surface area contributed by atoms with Crippen LogP contribution in [0.25, 0.3) is 10.1 Å². The molecule has 150 valence electrons. The monoisotopic (exact) mass is 399 g/mol. The van der Waals surface area contributed by atoms with Crippen molar-refractivity contribution in [1.82, 2.24) is 10.2 Å². The fourth-order valence-electron chi connectivity index (χ4n) is 3.47. The molecular formula is C22H29N3O2S. The lowest BCUT2D eigenvalue weighted by Crippen LogP contribution is -2.50. The summed E-state index contributed by atoms with van der Waals surface area (Å²) in [5, 5.41) is 15.4. The molecule has 1 aromatic carbocycles. The smallest absolute Gasteiger partial charge is 0.258 e. The summed E-state index contributed by atoms with van der Waals surface area (Å²) in [6, 6.07) is 7.30. The third-order valence-corrected chi connectivity index (χ3v) is 5.96. The number of hydrogen-bond acceptors (Lipinski definition) is 4. The summed E-state index contributed by atoms with van der Waals surface area (Å²) in [5.74, 6) is -0.530. The number of thiophene rings is 1. The largest absolute Gasteiger partial charge is 0.344 e. The average Bonchev–Trinajstić information content (AvgIpc) is 3.11. The summed E-state index contributed by atoms with van der Waals surface area (Å²) in [4.78, 5) is 26.9. The minimum absolute atomic E-state index is 0.0874. The molecule has 1 unspecified atom stereocenters. The normalized spacial score (nSPS) is 12.0. The van der Waals surface area contributed by atoms with Gasteiger partial charge in [0.1, 0.15) is 6.04 Å². The lowest BCUT2D eigenvalue weighted by Gasteiger charge is -2.24. The molecular weight excluding hydrogens is 370 g/mol.